The van der Waals surface area contributed by atoms with Crippen LogP contribution in [0.5, 0.6) is 0 Å². The highest BCUT2D eigenvalue weighted by atomic mass is 14.9. The smallest absolute Gasteiger partial charge is 0.0658 e. The molecule has 1 N–H and O–H groups in total. The topological polar surface area (TPSA) is 12.0 Å². The van der Waals surface area contributed by atoms with Gasteiger partial charge in [-0.1, -0.05) is 48.6 Å². The molecule has 0 aromatic heterocycles. The van der Waals surface area contributed by atoms with Crippen molar-refractivity contribution in [2.75, 3.05) is 0 Å². The van der Waals surface area contributed by atoms with Gasteiger partial charge in [0, 0.05) is 0 Å². The summed E-state index contributed by atoms with van der Waals surface area (Å²) in [5.74, 6) is 6.17. The Bertz CT molecular complexity index is 725. The Morgan fingerprint density at radius 1 is 1.12 bits per heavy atom. The third kappa shape index (κ3) is 5.84. The summed E-state index contributed by atoms with van der Waals surface area (Å²) in [6.45, 7) is 7.95. The number of rotatable bonds is 4. The molecule has 1 saturated carbocycles. The first kappa shape index (κ1) is 18.9. The second-order valence-corrected chi connectivity index (χ2v) is 6.42. The second-order valence-electron chi connectivity index (χ2n) is 6.42. The number of allylic oxidation sites excluding steroid dienone is 5. The van der Waals surface area contributed by atoms with Crippen molar-refractivity contribution in [2.24, 2.45) is 5.92 Å². The molecule has 0 spiro atoms. The van der Waals surface area contributed by atoms with Gasteiger partial charge in [0.25, 0.3) is 0 Å². The average Bonchev–Trinajstić information content (AvgIpc) is 3.52. The van der Waals surface area contributed by atoms with E-state index in [1.165, 1.54) is 35.1 Å². The van der Waals surface area contributed by atoms with Crippen molar-refractivity contribution in [1.82, 2.24) is 5.32 Å². The number of hydrogen-bond acceptors (Lipinski definition) is 1. The zero-order chi connectivity index (χ0) is 18.1. The molecule has 1 nitrogen and oxygen atoms in total. The molecule has 25 heavy (non-hydrogen) atoms. The molecule has 0 amide bonds. The summed E-state index contributed by atoms with van der Waals surface area (Å²) in [6.07, 6.45) is 13.9. The molecule has 130 valence electrons. The first-order valence-corrected chi connectivity index (χ1v) is 9.07. The van der Waals surface area contributed by atoms with Gasteiger partial charge in [-0.2, -0.15) is 0 Å². The van der Waals surface area contributed by atoms with Crippen LogP contribution in [0.25, 0.3) is 5.57 Å². The van der Waals surface area contributed by atoms with Crippen LogP contribution in [0.2, 0.25) is 0 Å². The second kappa shape index (κ2) is 9.74. The van der Waals surface area contributed by atoms with E-state index >= 15 is 0 Å². The molecule has 1 unspecified atom stereocenters. The van der Waals surface area contributed by atoms with Gasteiger partial charge in [0.05, 0.1) is 6.04 Å². The fourth-order valence-electron chi connectivity index (χ4n) is 2.79. The van der Waals surface area contributed by atoms with Crippen molar-refractivity contribution >= 4 is 5.57 Å². The van der Waals surface area contributed by atoms with Gasteiger partial charge in [-0.15, -0.1) is 11.8 Å². The first-order valence-electron chi connectivity index (χ1n) is 9.07. The van der Waals surface area contributed by atoms with Crippen molar-refractivity contribution in [1.29, 1.82) is 0 Å². The van der Waals surface area contributed by atoms with Crippen LogP contribution in [0, 0.1) is 17.8 Å². The van der Waals surface area contributed by atoms with E-state index in [0.717, 1.165) is 5.92 Å². The van der Waals surface area contributed by atoms with E-state index in [1.807, 2.05) is 13.8 Å². The van der Waals surface area contributed by atoms with Crippen LogP contribution in [-0.2, 0) is 0 Å². The molecule has 3 rings (SSSR count). The SMILES string of the molecule is C/C=C(\C=C(/C)C1C=C(C2CC2)C=CN1)c1ccccc1.CC#CC. The largest absolute Gasteiger partial charge is 0.381 e. The summed E-state index contributed by atoms with van der Waals surface area (Å²) in [7, 11) is 0. The van der Waals surface area contributed by atoms with E-state index in [-0.39, 0.29) is 0 Å². The van der Waals surface area contributed by atoms with E-state index in [2.05, 4.69) is 91.8 Å². The van der Waals surface area contributed by atoms with Crippen LogP contribution in [0.4, 0.5) is 0 Å². The minimum absolute atomic E-state index is 0.323. The Hall–Kier alpha value is -2.46. The molecule has 1 aromatic carbocycles. The monoisotopic (exact) mass is 331 g/mol. The van der Waals surface area contributed by atoms with Gasteiger partial charge in [-0.05, 0) is 81.0 Å². The molecular weight excluding hydrogens is 302 g/mol. The highest BCUT2D eigenvalue weighted by molar-refractivity contribution is 5.74. The van der Waals surface area contributed by atoms with Crippen molar-refractivity contribution in [3.8, 4) is 11.8 Å². The van der Waals surface area contributed by atoms with Gasteiger partial charge in [0.2, 0.25) is 0 Å². The van der Waals surface area contributed by atoms with Crippen molar-refractivity contribution in [2.45, 2.75) is 46.6 Å². The van der Waals surface area contributed by atoms with Crippen LogP contribution in [0.15, 0.2) is 72.0 Å². The highest BCUT2D eigenvalue weighted by Crippen LogP contribution is 2.38. The van der Waals surface area contributed by atoms with E-state index in [4.69, 9.17) is 0 Å². The van der Waals surface area contributed by atoms with Gasteiger partial charge in [-0.3, -0.25) is 0 Å². The molecule has 1 aromatic rings. The van der Waals surface area contributed by atoms with E-state index in [1.54, 1.807) is 0 Å². The molecule has 1 heterocycles. The minimum Gasteiger partial charge on any atom is -0.381 e. The van der Waals surface area contributed by atoms with Gasteiger partial charge in [0.1, 0.15) is 0 Å². The lowest BCUT2D eigenvalue weighted by Crippen LogP contribution is -2.26. The molecule has 1 aliphatic carbocycles. The number of benzene rings is 1. The lowest BCUT2D eigenvalue weighted by molar-refractivity contribution is 0.765. The molecule has 2 aliphatic rings. The van der Waals surface area contributed by atoms with Crippen LogP contribution >= 0.6 is 0 Å². The predicted octanol–water partition coefficient (Wildman–Crippen LogP) is 5.89. The van der Waals surface area contributed by atoms with Crippen LogP contribution in [0.3, 0.4) is 0 Å². The fourth-order valence-corrected chi connectivity index (χ4v) is 2.79. The molecule has 0 saturated heterocycles. The lowest BCUT2D eigenvalue weighted by Gasteiger charge is -2.20. The van der Waals surface area contributed by atoms with Crippen LogP contribution in [0.1, 0.15) is 46.1 Å². The third-order valence-corrected chi connectivity index (χ3v) is 4.50. The van der Waals surface area contributed by atoms with Crippen molar-refractivity contribution in [3.63, 3.8) is 0 Å². The maximum atomic E-state index is 3.46. The number of dihydropyridines is 1. The Kier molecular flexibility index (Phi) is 7.36. The third-order valence-electron chi connectivity index (χ3n) is 4.50. The quantitative estimate of drug-likeness (QED) is 0.536. The molecule has 1 fully saturated rings. The maximum absolute atomic E-state index is 3.46. The van der Waals surface area contributed by atoms with Gasteiger partial charge in [-0.25, -0.2) is 0 Å². The average molecular weight is 332 g/mol. The molecule has 1 aliphatic heterocycles. The zero-order valence-corrected chi connectivity index (χ0v) is 15.8. The van der Waals surface area contributed by atoms with E-state index < -0.39 is 0 Å². The summed E-state index contributed by atoms with van der Waals surface area (Å²) in [4.78, 5) is 0. The van der Waals surface area contributed by atoms with Crippen molar-refractivity contribution < 1.29 is 0 Å². The Morgan fingerprint density at radius 2 is 1.80 bits per heavy atom. The van der Waals surface area contributed by atoms with Crippen molar-refractivity contribution in [3.05, 3.63) is 77.5 Å². The molecule has 0 bridgehead atoms. The van der Waals surface area contributed by atoms with Gasteiger partial charge < -0.3 is 5.32 Å². The van der Waals surface area contributed by atoms with E-state index in [9.17, 15) is 0 Å². The zero-order valence-electron chi connectivity index (χ0n) is 15.8. The highest BCUT2D eigenvalue weighted by Gasteiger charge is 2.26. The lowest BCUT2D eigenvalue weighted by atomic mass is 9.96. The van der Waals surface area contributed by atoms with Gasteiger partial charge in [0.15, 0.2) is 0 Å². The fraction of sp³-hybridized carbons (Fsp3) is 0.333. The van der Waals surface area contributed by atoms with Crippen LogP contribution in [-0.4, -0.2) is 6.04 Å². The predicted molar refractivity (Wildman–Crippen MR) is 110 cm³/mol. The minimum atomic E-state index is 0.323. The number of hydrogen-bond donors (Lipinski definition) is 1. The summed E-state index contributed by atoms with van der Waals surface area (Å²) >= 11 is 0. The number of nitrogens with one attached hydrogen (secondary N) is 1. The molecule has 1 atom stereocenters. The maximum Gasteiger partial charge on any atom is 0.0658 e. The molecule has 0 radical (unpaired) electrons. The van der Waals surface area contributed by atoms with E-state index in [0.29, 0.717) is 6.04 Å². The first-order chi connectivity index (χ1) is 12.2. The molecule has 1 heteroatoms. The summed E-state index contributed by atoms with van der Waals surface area (Å²) < 4.78 is 0. The summed E-state index contributed by atoms with van der Waals surface area (Å²) in [5, 5.41) is 3.46. The van der Waals surface area contributed by atoms with Crippen LogP contribution < -0.4 is 5.32 Å². The summed E-state index contributed by atoms with van der Waals surface area (Å²) in [5.41, 5.74) is 5.42. The Labute approximate surface area is 153 Å². The normalized spacial score (nSPS) is 19.7. The Balaban J connectivity index is 0.000000511. The molecular formula is C24H29N. The van der Waals surface area contributed by atoms with Gasteiger partial charge >= 0.3 is 0 Å². The Morgan fingerprint density at radius 3 is 2.36 bits per heavy atom. The summed E-state index contributed by atoms with van der Waals surface area (Å²) in [6, 6.07) is 10.9. The standard InChI is InChI=1S/C20H23N.C4H6/c1-3-16(17-7-5-4-6-8-17)13-15(2)20-14-19(11-12-21-20)18-9-10-18;1-3-4-2/h3-8,11-14,18,20-21H,9-10H2,1-2H3;1-2H3/b15-13+,16-3+;.